The number of benzene rings is 1. The van der Waals surface area contributed by atoms with E-state index >= 15 is 0 Å². The Hall–Kier alpha value is -2.11. The van der Waals surface area contributed by atoms with Gasteiger partial charge in [-0.1, -0.05) is 42.5 Å². The normalized spacial score (nSPS) is 13.6. The van der Waals surface area contributed by atoms with Gasteiger partial charge >= 0.3 is 0 Å². The van der Waals surface area contributed by atoms with Gasteiger partial charge in [0.15, 0.2) is 0 Å². The minimum atomic E-state index is 0.692. The first kappa shape index (κ1) is 13.3. The van der Waals surface area contributed by atoms with Gasteiger partial charge in [-0.15, -0.1) is 5.73 Å². The highest BCUT2D eigenvalue weighted by molar-refractivity contribution is 6.01. The number of rotatable bonds is 4. The molecule has 0 aliphatic heterocycles. The summed E-state index contributed by atoms with van der Waals surface area (Å²) in [5.74, 6) is 0. The molecule has 1 aliphatic rings. The van der Waals surface area contributed by atoms with Crippen molar-refractivity contribution in [1.82, 2.24) is 0 Å². The fourth-order valence-corrected chi connectivity index (χ4v) is 2.41. The van der Waals surface area contributed by atoms with Crippen molar-refractivity contribution in [3.05, 3.63) is 76.6 Å². The van der Waals surface area contributed by atoms with Crippen LogP contribution in [0.15, 0.2) is 59.9 Å². The molecule has 0 heterocycles. The molecule has 0 spiro atoms. The van der Waals surface area contributed by atoms with Gasteiger partial charge in [0.05, 0.1) is 0 Å². The summed E-state index contributed by atoms with van der Waals surface area (Å²) in [6, 6.07) is 6.42. The lowest BCUT2D eigenvalue weighted by Crippen LogP contribution is -2.07. The zero-order chi connectivity index (χ0) is 13.8. The van der Waals surface area contributed by atoms with E-state index in [-0.39, 0.29) is 0 Å². The second-order valence-corrected chi connectivity index (χ2v) is 4.97. The predicted octanol–water partition coefficient (Wildman–Crippen LogP) is 4.46. The molecule has 0 amide bonds. The molecule has 2 rings (SSSR count). The van der Waals surface area contributed by atoms with Crippen LogP contribution in [-0.2, 0) is 6.42 Å². The number of hydrogen-bond donors (Lipinski definition) is 1. The number of aryl methyl sites for hydroxylation is 2. The SMILES string of the molecule is C=C=CC1=C(C(=N)Cc2ccc(C)cc2C)CC=C1. The van der Waals surface area contributed by atoms with Crippen LogP contribution in [0.2, 0.25) is 0 Å². The molecule has 0 radical (unpaired) electrons. The van der Waals surface area contributed by atoms with Gasteiger partial charge in [0.2, 0.25) is 0 Å². The average molecular weight is 249 g/mol. The third-order valence-corrected chi connectivity index (χ3v) is 3.46. The highest BCUT2D eigenvalue weighted by Crippen LogP contribution is 2.23. The minimum absolute atomic E-state index is 0.692. The molecule has 0 aromatic heterocycles. The average Bonchev–Trinajstić information content (AvgIpc) is 2.81. The van der Waals surface area contributed by atoms with Crippen LogP contribution in [0.3, 0.4) is 0 Å². The molecule has 0 atom stereocenters. The molecular formula is C18H19N. The van der Waals surface area contributed by atoms with Crippen LogP contribution in [0.1, 0.15) is 23.1 Å². The van der Waals surface area contributed by atoms with Crippen LogP contribution in [0.5, 0.6) is 0 Å². The first-order valence-electron chi connectivity index (χ1n) is 6.51. The summed E-state index contributed by atoms with van der Waals surface area (Å²) in [5, 5.41) is 8.32. The maximum absolute atomic E-state index is 8.32. The third kappa shape index (κ3) is 3.01. The number of nitrogens with one attached hydrogen (secondary N) is 1. The minimum Gasteiger partial charge on any atom is -0.305 e. The van der Waals surface area contributed by atoms with Gasteiger partial charge in [0, 0.05) is 12.1 Å². The molecular weight excluding hydrogens is 230 g/mol. The first-order chi connectivity index (χ1) is 9.11. The lowest BCUT2D eigenvalue weighted by atomic mass is 9.95. The quantitative estimate of drug-likeness (QED) is 0.601. The molecule has 0 bridgehead atoms. The Bertz CT molecular complexity index is 623. The Morgan fingerprint density at radius 3 is 2.89 bits per heavy atom. The van der Waals surface area contributed by atoms with Crippen LogP contribution in [0.25, 0.3) is 0 Å². The van der Waals surface area contributed by atoms with Crippen LogP contribution in [0.4, 0.5) is 0 Å². The first-order valence-corrected chi connectivity index (χ1v) is 6.51. The Kier molecular flexibility index (Phi) is 3.99. The molecule has 1 aromatic rings. The molecule has 1 N–H and O–H groups in total. The zero-order valence-corrected chi connectivity index (χ0v) is 11.6. The number of allylic oxidation sites excluding steroid dienone is 5. The molecule has 0 saturated carbocycles. The van der Waals surface area contributed by atoms with Crippen molar-refractivity contribution in [2.45, 2.75) is 26.7 Å². The smallest absolute Gasteiger partial charge is 0.0399 e. The van der Waals surface area contributed by atoms with Crippen LogP contribution in [-0.4, -0.2) is 5.71 Å². The Morgan fingerprint density at radius 2 is 2.21 bits per heavy atom. The van der Waals surface area contributed by atoms with Crippen molar-refractivity contribution < 1.29 is 0 Å². The zero-order valence-electron chi connectivity index (χ0n) is 11.6. The second-order valence-electron chi connectivity index (χ2n) is 4.97. The number of hydrogen-bond acceptors (Lipinski definition) is 1. The highest BCUT2D eigenvalue weighted by Gasteiger charge is 2.13. The largest absolute Gasteiger partial charge is 0.305 e. The molecule has 1 heteroatoms. The summed E-state index contributed by atoms with van der Waals surface area (Å²) < 4.78 is 0. The van der Waals surface area contributed by atoms with Gasteiger partial charge < -0.3 is 5.41 Å². The third-order valence-electron chi connectivity index (χ3n) is 3.46. The highest BCUT2D eigenvalue weighted by atomic mass is 14.4. The van der Waals surface area contributed by atoms with E-state index in [1.165, 1.54) is 16.7 Å². The van der Waals surface area contributed by atoms with Crippen LogP contribution >= 0.6 is 0 Å². The van der Waals surface area contributed by atoms with Crippen molar-refractivity contribution >= 4 is 5.71 Å². The molecule has 1 aromatic carbocycles. The van der Waals surface area contributed by atoms with Gasteiger partial charge in [0.25, 0.3) is 0 Å². The van der Waals surface area contributed by atoms with Crippen molar-refractivity contribution in [2.75, 3.05) is 0 Å². The molecule has 0 fully saturated rings. The van der Waals surface area contributed by atoms with E-state index in [0.717, 1.165) is 17.6 Å². The summed E-state index contributed by atoms with van der Waals surface area (Å²) in [7, 11) is 0. The molecule has 1 aliphatic carbocycles. The van der Waals surface area contributed by atoms with Gasteiger partial charge in [0.1, 0.15) is 0 Å². The maximum Gasteiger partial charge on any atom is 0.0399 e. The van der Waals surface area contributed by atoms with Crippen molar-refractivity contribution in [2.24, 2.45) is 0 Å². The summed E-state index contributed by atoms with van der Waals surface area (Å²) in [4.78, 5) is 0. The monoisotopic (exact) mass is 249 g/mol. The Labute approximate surface area is 115 Å². The lowest BCUT2D eigenvalue weighted by Gasteiger charge is -2.10. The van der Waals surface area contributed by atoms with Gasteiger partial charge in [-0.2, -0.15) is 0 Å². The summed E-state index contributed by atoms with van der Waals surface area (Å²) >= 11 is 0. The van der Waals surface area contributed by atoms with E-state index in [4.69, 9.17) is 5.41 Å². The van der Waals surface area contributed by atoms with Crippen molar-refractivity contribution in [3.8, 4) is 0 Å². The maximum atomic E-state index is 8.32. The van der Waals surface area contributed by atoms with Gasteiger partial charge in [-0.25, -0.2) is 0 Å². The predicted molar refractivity (Wildman–Crippen MR) is 81.8 cm³/mol. The molecule has 96 valence electrons. The second kappa shape index (κ2) is 5.69. The van der Waals surface area contributed by atoms with E-state index in [2.05, 4.69) is 50.4 Å². The summed E-state index contributed by atoms with van der Waals surface area (Å²) in [5.41, 5.74) is 9.42. The van der Waals surface area contributed by atoms with Crippen molar-refractivity contribution in [3.63, 3.8) is 0 Å². The van der Waals surface area contributed by atoms with Crippen LogP contribution < -0.4 is 0 Å². The summed E-state index contributed by atoms with van der Waals surface area (Å²) in [6.07, 6.45) is 7.53. The Morgan fingerprint density at radius 1 is 1.42 bits per heavy atom. The van der Waals surface area contributed by atoms with Gasteiger partial charge in [-0.05, 0) is 48.6 Å². The topological polar surface area (TPSA) is 23.9 Å². The molecule has 19 heavy (non-hydrogen) atoms. The molecule has 0 saturated heterocycles. The van der Waals surface area contributed by atoms with Crippen LogP contribution in [0, 0.1) is 19.3 Å². The van der Waals surface area contributed by atoms with E-state index in [0.29, 0.717) is 12.1 Å². The van der Waals surface area contributed by atoms with E-state index in [1.807, 2.05) is 12.2 Å². The fraction of sp³-hybridized carbons (Fsp3) is 0.222. The lowest BCUT2D eigenvalue weighted by molar-refractivity contribution is 1.18. The standard InChI is InChI=1S/C18H19N/c1-4-6-15-7-5-8-17(15)18(19)12-16-10-9-13(2)11-14(16)3/h5-7,9-11,19H,1,8,12H2,2-3H3. The molecule has 1 nitrogen and oxygen atoms in total. The van der Waals surface area contributed by atoms with E-state index < -0.39 is 0 Å². The summed E-state index contributed by atoms with van der Waals surface area (Å²) in [6.45, 7) is 7.81. The van der Waals surface area contributed by atoms with Crippen molar-refractivity contribution in [1.29, 1.82) is 5.41 Å². The van der Waals surface area contributed by atoms with E-state index in [9.17, 15) is 0 Å². The molecule has 0 unspecified atom stereocenters. The van der Waals surface area contributed by atoms with Gasteiger partial charge in [-0.3, -0.25) is 0 Å². The Balaban J connectivity index is 2.22. The fourth-order valence-electron chi connectivity index (χ4n) is 2.41. The van der Waals surface area contributed by atoms with E-state index in [1.54, 1.807) is 0 Å².